The molecule has 1 heterocycles. The summed E-state index contributed by atoms with van der Waals surface area (Å²) in [5, 5.41) is 2.80. The van der Waals surface area contributed by atoms with Crippen LogP contribution in [0.5, 0.6) is 0 Å². The maximum atomic E-state index is 13.4. The SMILES string of the molecule is Cc1cc(S(=O)(=O)Nc2ccc(C(=O)Nc3ccc(-n4ccnc4)cc3)cc2)ccc1F. The fraction of sp³-hybridized carbons (Fsp3) is 0.0435. The summed E-state index contributed by atoms with van der Waals surface area (Å²) in [5.41, 5.74) is 2.42. The standard InChI is InChI=1S/C23H19FN4O3S/c1-16-14-21(10-11-22(16)24)32(30,31)27-19-4-2-17(3-5-19)23(29)26-18-6-8-20(9-7-18)28-13-12-25-15-28/h2-15,27H,1H3,(H,26,29). The molecule has 0 aliphatic rings. The second kappa shape index (κ2) is 8.64. The number of hydrogen-bond acceptors (Lipinski definition) is 4. The number of anilines is 2. The van der Waals surface area contributed by atoms with Crippen molar-refractivity contribution in [3.05, 3.63) is 102 Å². The number of sulfonamides is 1. The van der Waals surface area contributed by atoms with Gasteiger partial charge < -0.3 is 9.88 Å². The van der Waals surface area contributed by atoms with Crippen LogP contribution in [0.15, 0.2) is 90.3 Å². The largest absolute Gasteiger partial charge is 0.322 e. The molecule has 4 aromatic rings. The minimum atomic E-state index is -3.88. The Labute approximate surface area is 184 Å². The Bertz CT molecular complexity index is 1350. The molecule has 4 rings (SSSR count). The van der Waals surface area contributed by atoms with Crippen molar-refractivity contribution in [2.75, 3.05) is 10.0 Å². The highest BCUT2D eigenvalue weighted by Crippen LogP contribution is 2.20. The molecule has 0 saturated heterocycles. The van der Waals surface area contributed by atoms with E-state index in [4.69, 9.17) is 0 Å². The molecule has 9 heteroatoms. The lowest BCUT2D eigenvalue weighted by molar-refractivity contribution is 0.102. The molecule has 7 nitrogen and oxygen atoms in total. The first-order chi connectivity index (χ1) is 15.3. The number of nitrogens with zero attached hydrogens (tertiary/aromatic N) is 2. The molecule has 0 unspecified atom stereocenters. The molecular formula is C23H19FN4O3S. The van der Waals surface area contributed by atoms with Crippen LogP contribution >= 0.6 is 0 Å². The molecule has 0 fully saturated rings. The van der Waals surface area contributed by atoms with Crippen molar-refractivity contribution in [2.45, 2.75) is 11.8 Å². The molecule has 0 aliphatic carbocycles. The van der Waals surface area contributed by atoms with Gasteiger partial charge in [0, 0.05) is 35.0 Å². The fourth-order valence-electron chi connectivity index (χ4n) is 3.02. The molecule has 1 aromatic heterocycles. The van der Waals surface area contributed by atoms with Gasteiger partial charge in [0.05, 0.1) is 11.2 Å². The average molecular weight is 450 g/mol. The van der Waals surface area contributed by atoms with E-state index in [-0.39, 0.29) is 22.1 Å². The number of aryl methyl sites for hydroxylation is 1. The van der Waals surface area contributed by atoms with E-state index in [0.717, 1.165) is 11.8 Å². The summed E-state index contributed by atoms with van der Waals surface area (Å²) < 4.78 is 42.7. The smallest absolute Gasteiger partial charge is 0.261 e. The van der Waals surface area contributed by atoms with Gasteiger partial charge >= 0.3 is 0 Å². The summed E-state index contributed by atoms with van der Waals surface area (Å²) in [5.74, 6) is -0.806. The predicted octanol–water partition coefficient (Wildman–Crippen LogP) is 4.37. The number of halogens is 1. The van der Waals surface area contributed by atoms with E-state index in [0.29, 0.717) is 11.3 Å². The van der Waals surface area contributed by atoms with Crippen LogP contribution in [0.3, 0.4) is 0 Å². The normalized spacial score (nSPS) is 11.2. The Hall–Kier alpha value is -3.98. The predicted molar refractivity (Wildman–Crippen MR) is 120 cm³/mol. The minimum Gasteiger partial charge on any atom is -0.322 e. The topological polar surface area (TPSA) is 93.1 Å². The number of carbonyl (C=O) groups excluding carboxylic acids is 1. The van der Waals surface area contributed by atoms with Crippen molar-refractivity contribution in [3.63, 3.8) is 0 Å². The van der Waals surface area contributed by atoms with Gasteiger partial charge in [-0.3, -0.25) is 9.52 Å². The third-order valence-corrected chi connectivity index (χ3v) is 6.15. The van der Waals surface area contributed by atoms with Gasteiger partial charge in [0.2, 0.25) is 0 Å². The molecule has 2 N–H and O–H groups in total. The zero-order chi connectivity index (χ0) is 22.7. The first-order valence-corrected chi connectivity index (χ1v) is 11.1. The van der Waals surface area contributed by atoms with Crippen LogP contribution in [0, 0.1) is 12.7 Å². The van der Waals surface area contributed by atoms with Crippen LogP contribution in [-0.4, -0.2) is 23.9 Å². The fourth-order valence-corrected chi connectivity index (χ4v) is 4.16. The monoisotopic (exact) mass is 450 g/mol. The summed E-state index contributed by atoms with van der Waals surface area (Å²) in [6.45, 7) is 1.49. The van der Waals surface area contributed by atoms with Crippen molar-refractivity contribution < 1.29 is 17.6 Å². The number of benzene rings is 3. The number of amides is 1. The molecule has 0 saturated carbocycles. The second-order valence-electron chi connectivity index (χ2n) is 7.06. The molecule has 0 aliphatic heterocycles. The van der Waals surface area contributed by atoms with Crippen LogP contribution in [0.4, 0.5) is 15.8 Å². The Morgan fingerprint density at radius 1 is 0.969 bits per heavy atom. The van der Waals surface area contributed by atoms with E-state index >= 15 is 0 Å². The van der Waals surface area contributed by atoms with E-state index in [2.05, 4.69) is 15.0 Å². The van der Waals surface area contributed by atoms with Gasteiger partial charge in [0.15, 0.2) is 0 Å². The summed E-state index contributed by atoms with van der Waals surface area (Å²) in [4.78, 5) is 16.5. The lowest BCUT2D eigenvalue weighted by Gasteiger charge is -2.10. The molecule has 1 amide bonds. The second-order valence-corrected chi connectivity index (χ2v) is 8.75. The first-order valence-electron chi connectivity index (χ1n) is 9.61. The Morgan fingerprint density at radius 3 is 2.28 bits per heavy atom. The van der Waals surface area contributed by atoms with Crippen LogP contribution in [0.1, 0.15) is 15.9 Å². The quantitative estimate of drug-likeness (QED) is 0.456. The van der Waals surface area contributed by atoms with Gasteiger partial charge in [0.1, 0.15) is 5.82 Å². The highest BCUT2D eigenvalue weighted by molar-refractivity contribution is 7.92. The summed E-state index contributed by atoms with van der Waals surface area (Å²) in [6, 6.07) is 16.9. The van der Waals surface area contributed by atoms with E-state index in [1.807, 2.05) is 22.9 Å². The average Bonchev–Trinajstić information content (AvgIpc) is 3.31. The molecule has 3 aromatic carbocycles. The molecule has 0 atom stereocenters. The van der Waals surface area contributed by atoms with E-state index in [1.54, 1.807) is 24.7 Å². The maximum absolute atomic E-state index is 13.4. The number of rotatable bonds is 6. The Morgan fingerprint density at radius 2 is 1.66 bits per heavy atom. The highest BCUT2D eigenvalue weighted by Gasteiger charge is 2.16. The molecule has 32 heavy (non-hydrogen) atoms. The van der Waals surface area contributed by atoms with Gasteiger partial charge in [-0.15, -0.1) is 0 Å². The third-order valence-electron chi connectivity index (χ3n) is 4.77. The zero-order valence-electron chi connectivity index (χ0n) is 17.0. The Balaban J connectivity index is 1.42. The van der Waals surface area contributed by atoms with Gasteiger partial charge in [-0.2, -0.15) is 0 Å². The van der Waals surface area contributed by atoms with Crippen LogP contribution < -0.4 is 10.0 Å². The lowest BCUT2D eigenvalue weighted by Crippen LogP contribution is -2.14. The van der Waals surface area contributed by atoms with Crippen LogP contribution in [0.2, 0.25) is 0 Å². The highest BCUT2D eigenvalue weighted by atomic mass is 32.2. The van der Waals surface area contributed by atoms with Crippen molar-refractivity contribution in [1.82, 2.24) is 9.55 Å². The minimum absolute atomic E-state index is 0.0441. The number of imidazole rings is 1. The van der Waals surface area contributed by atoms with Gasteiger partial charge in [0.25, 0.3) is 15.9 Å². The van der Waals surface area contributed by atoms with Crippen molar-refractivity contribution in [2.24, 2.45) is 0 Å². The van der Waals surface area contributed by atoms with Gasteiger partial charge in [-0.1, -0.05) is 0 Å². The van der Waals surface area contributed by atoms with Crippen LogP contribution in [-0.2, 0) is 10.0 Å². The summed E-state index contributed by atoms with van der Waals surface area (Å²) >= 11 is 0. The van der Waals surface area contributed by atoms with Crippen molar-refractivity contribution >= 4 is 27.3 Å². The summed E-state index contributed by atoms with van der Waals surface area (Å²) in [6.07, 6.45) is 5.18. The van der Waals surface area contributed by atoms with Gasteiger partial charge in [-0.05, 0) is 79.2 Å². The maximum Gasteiger partial charge on any atom is 0.261 e. The van der Waals surface area contributed by atoms with E-state index in [1.165, 1.54) is 43.3 Å². The Kier molecular flexibility index (Phi) is 5.74. The zero-order valence-corrected chi connectivity index (χ0v) is 17.8. The molecular weight excluding hydrogens is 431 g/mol. The molecule has 162 valence electrons. The van der Waals surface area contributed by atoms with Crippen LogP contribution in [0.25, 0.3) is 5.69 Å². The first kappa shape index (κ1) is 21.3. The molecule has 0 radical (unpaired) electrons. The van der Waals surface area contributed by atoms with Crippen molar-refractivity contribution in [1.29, 1.82) is 0 Å². The summed E-state index contributed by atoms with van der Waals surface area (Å²) in [7, 11) is -3.88. The lowest BCUT2D eigenvalue weighted by atomic mass is 10.2. The molecule has 0 spiro atoms. The third kappa shape index (κ3) is 4.68. The number of aromatic nitrogens is 2. The van der Waals surface area contributed by atoms with E-state index in [9.17, 15) is 17.6 Å². The molecule has 0 bridgehead atoms. The number of hydrogen-bond donors (Lipinski definition) is 2. The number of nitrogens with one attached hydrogen (secondary N) is 2. The number of carbonyl (C=O) groups is 1. The van der Waals surface area contributed by atoms with E-state index < -0.39 is 15.8 Å². The van der Waals surface area contributed by atoms with Crippen molar-refractivity contribution in [3.8, 4) is 5.69 Å². The van der Waals surface area contributed by atoms with Gasteiger partial charge in [-0.25, -0.2) is 17.8 Å².